The topological polar surface area (TPSA) is 150 Å². The Morgan fingerprint density at radius 2 is 1.44 bits per heavy atom. The van der Waals surface area contributed by atoms with Gasteiger partial charge in [-0.1, -0.05) is 23.2 Å². The molecule has 4 rings (SSSR count). The van der Waals surface area contributed by atoms with Crippen LogP contribution in [-0.4, -0.2) is 42.9 Å². The molecular formula is C20H18Br2Cl2N6O4. The smallest absolute Gasteiger partial charge is 0.300 e. The number of hydrazone groups is 1. The summed E-state index contributed by atoms with van der Waals surface area (Å²) in [5.41, 5.74) is 5.02. The molecule has 1 amide bonds. The molecule has 14 heteroatoms. The highest BCUT2D eigenvalue weighted by atomic mass is 80.9. The molecule has 0 aliphatic carbocycles. The third kappa shape index (κ3) is 11.5. The van der Waals surface area contributed by atoms with Gasteiger partial charge in [0.1, 0.15) is 5.69 Å². The first-order valence-corrected chi connectivity index (χ1v) is 13.7. The van der Waals surface area contributed by atoms with E-state index in [4.69, 9.17) is 33.1 Å². The molecule has 10 nitrogen and oxygen atoms in total. The highest BCUT2D eigenvalue weighted by Crippen LogP contribution is 2.14. The fourth-order valence-corrected chi connectivity index (χ4v) is 2.44. The molecule has 3 aromatic rings. The van der Waals surface area contributed by atoms with Crippen molar-refractivity contribution in [2.45, 2.75) is 19.8 Å². The summed E-state index contributed by atoms with van der Waals surface area (Å²) in [7, 11) is 0. The zero-order valence-electron chi connectivity index (χ0n) is 17.5. The molecule has 3 aromatic heterocycles. The summed E-state index contributed by atoms with van der Waals surface area (Å²) in [6, 6.07) is 10.0. The van der Waals surface area contributed by atoms with E-state index in [2.05, 4.69) is 58.9 Å². The van der Waals surface area contributed by atoms with Crippen LogP contribution in [-0.2, 0) is 9.59 Å². The maximum absolute atomic E-state index is 10.8. The first-order valence-electron chi connectivity index (χ1n) is 9.23. The number of aromatic nitrogens is 4. The molecule has 0 spiro atoms. The number of amides is 1. The fraction of sp³-hybridized carbons (Fsp3) is 0.150. The molecule has 4 heterocycles. The predicted molar refractivity (Wildman–Crippen MR) is 137 cm³/mol. The van der Waals surface area contributed by atoms with E-state index >= 15 is 0 Å². The van der Waals surface area contributed by atoms with E-state index in [9.17, 15) is 9.59 Å². The Balaban J connectivity index is 0.000000277. The van der Waals surface area contributed by atoms with Gasteiger partial charge in [-0.2, -0.15) is 10.2 Å². The van der Waals surface area contributed by atoms with Gasteiger partial charge in [0.2, 0.25) is 5.91 Å². The van der Waals surface area contributed by atoms with Crippen molar-refractivity contribution in [1.29, 1.82) is 0 Å². The number of halogens is 4. The highest BCUT2D eigenvalue weighted by molar-refractivity contribution is 9.93. The Kier molecular flexibility index (Phi) is 13.9. The number of hydrogen-bond donors (Lipinski definition) is 3. The number of rotatable bonds is 2. The molecule has 0 unspecified atom stereocenters. The first kappa shape index (κ1) is 29.4. The van der Waals surface area contributed by atoms with Gasteiger partial charge >= 0.3 is 0 Å². The maximum Gasteiger partial charge on any atom is 0.300 e. The van der Waals surface area contributed by atoms with E-state index in [0.29, 0.717) is 34.3 Å². The van der Waals surface area contributed by atoms with Crippen LogP contribution < -0.4 is 11.0 Å². The third-order valence-electron chi connectivity index (χ3n) is 3.60. The van der Waals surface area contributed by atoms with Crippen LogP contribution in [0.4, 0.5) is 0 Å². The van der Waals surface area contributed by atoms with Crippen LogP contribution in [0.5, 0.6) is 0 Å². The molecule has 1 aliphatic heterocycles. The lowest BCUT2D eigenvalue weighted by molar-refractivity contribution is -0.134. The molecule has 0 saturated carbocycles. The van der Waals surface area contributed by atoms with Gasteiger partial charge < -0.3 is 5.11 Å². The second kappa shape index (κ2) is 16.0. The Morgan fingerprint density at radius 3 is 1.85 bits per heavy atom. The number of aromatic amines is 1. The van der Waals surface area contributed by atoms with E-state index in [1.54, 1.807) is 36.5 Å². The normalized spacial score (nSPS) is 11.7. The van der Waals surface area contributed by atoms with Crippen LogP contribution in [0.25, 0.3) is 11.4 Å². The lowest BCUT2D eigenvalue weighted by Gasteiger charge is -2.10. The van der Waals surface area contributed by atoms with Crippen molar-refractivity contribution in [2.24, 2.45) is 5.10 Å². The number of nitrogens with one attached hydrogen (secondary N) is 2. The quantitative estimate of drug-likeness (QED) is 0.372. The fourth-order valence-electron chi connectivity index (χ4n) is 2.22. The average molecular weight is 637 g/mol. The van der Waals surface area contributed by atoms with Crippen LogP contribution in [0.1, 0.15) is 25.5 Å². The van der Waals surface area contributed by atoms with Crippen molar-refractivity contribution < 1.29 is 14.7 Å². The summed E-state index contributed by atoms with van der Waals surface area (Å²) in [4.78, 5) is 38.8. The van der Waals surface area contributed by atoms with Crippen LogP contribution in [0.3, 0.4) is 0 Å². The predicted octanol–water partition coefficient (Wildman–Crippen LogP) is 4.62. The molecular weight excluding hydrogens is 619 g/mol. The van der Waals surface area contributed by atoms with Gasteiger partial charge in [0.05, 0.1) is 27.1 Å². The second-order valence-corrected chi connectivity index (χ2v) is 7.02. The van der Waals surface area contributed by atoms with Crippen molar-refractivity contribution >= 4 is 69.0 Å². The SMILES string of the molecule is BrBr.CC(=O)O.O=C1CCC(c2ccc(Cl)cn2)=NN1.O=c1ccc(-c2ccc(Cl)cn2)n[nH]1. The number of pyridine rings is 2. The summed E-state index contributed by atoms with van der Waals surface area (Å²) in [6.45, 7) is 1.08. The summed E-state index contributed by atoms with van der Waals surface area (Å²) < 4.78 is 0. The number of carbonyl (C=O) groups excluding carboxylic acids is 1. The number of hydrogen-bond acceptors (Lipinski definition) is 7. The van der Waals surface area contributed by atoms with E-state index < -0.39 is 5.97 Å². The summed E-state index contributed by atoms with van der Waals surface area (Å²) >= 11 is 16.9. The van der Waals surface area contributed by atoms with E-state index in [1.807, 2.05) is 0 Å². The van der Waals surface area contributed by atoms with Crippen LogP contribution in [0.15, 0.2) is 58.7 Å². The largest absolute Gasteiger partial charge is 0.481 e. The lowest BCUT2D eigenvalue weighted by Crippen LogP contribution is -2.26. The molecule has 0 atom stereocenters. The number of H-pyrrole nitrogens is 1. The van der Waals surface area contributed by atoms with Gasteiger partial charge in [-0.25, -0.2) is 10.5 Å². The zero-order chi connectivity index (χ0) is 25.5. The van der Waals surface area contributed by atoms with E-state index in [1.165, 1.54) is 12.3 Å². The van der Waals surface area contributed by atoms with Gasteiger partial charge in [-0.15, -0.1) is 0 Å². The van der Waals surface area contributed by atoms with Crippen molar-refractivity contribution in [2.75, 3.05) is 0 Å². The number of aliphatic carboxylic acids is 1. The number of carboxylic acid groups (broad SMARTS) is 1. The van der Waals surface area contributed by atoms with Crippen molar-refractivity contribution in [3.8, 4) is 11.4 Å². The Hall–Kier alpha value is -2.67. The molecule has 34 heavy (non-hydrogen) atoms. The standard InChI is InChI=1S/C9H8ClN3O.C9H6ClN3O.C2H4O2.Br2/c2*10-6-1-2-7(11-5-6)8-3-4-9(14)13-12-8;1-2(3)4;1-2/h1-2,5H,3-4H2,(H,13,14);1-5H,(H,13,14);1H3,(H,3,4);. The Morgan fingerprint density at radius 1 is 0.912 bits per heavy atom. The molecule has 180 valence electrons. The van der Waals surface area contributed by atoms with Gasteiger partial charge in [0.25, 0.3) is 11.5 Å². The molecule has 0 fully saturated rings. The third-order valence-corrected chi connectivity index (χ3v) is 4.04. The molecule has 3 N–H and O–H groups in total. The maximum atomic E-state index is 10.8. The van der Waals surface area contributed by atoms with Crippen LogP contribution >= 0.6 is 51.5 Å². The minimum absolute atomic E-state index is 0.0530. The number of carbonyl (C=O) groups is 2. The minimum atomic E-state index is -0.833. The van der Waals surface area contributed by atoms with Gasteiger partial charge in [-0.3, -0.25) is 24.4 Å². The van der Waals surface area contributed by atoms with Crippen molar-refractivity contribution in [3.63, 3.8) is 0 Å². The highest BCUT2D eigenvalue weighted by Gasteiger charge is 2.13. The molecule has 0 aromatic carbocycles. The van der Waals surface area contributed by atoms with Crippen LogP contribution in [0.2, 0.25) is 10.0 Å². The van der Waals surface area contributed by atoms with E-state index in [0.717, 1.165) is 18.3 Å². The molecule has 1 aliphatic rings. The van der Waals surface area contributed by atoms with Crippen LogP contribution in [0, 0.1) is 0 Å². The van der Waals surface area contributed by atoms with Crippen molar-refractivity contribution in [3.05, 3.63) is 74.9 Å². The second-order valence-electron chi connectivity index (χ2n) is 6.14. The molecule has 0 saturated heterocycles. The number of nitrogens with zero attached hydrogens (tertiary/aromatic N) is 4. The summed E-state index contributed by atoms with van der Waals surface area (Å²) in [5, 5.41) is 18.7. The average Bonchev–Trinajstić information content (AvgIpc) is 2.83. The zero-order valence-corrected chi connectivity index (χ0v) is 22.2. The lowest BCUT2D eigenvalue weighted by atomic mass is 10.1. The van der Waals surface area contributed by atoms with Gasteiger partial charge in [0, 0.05) is 66.5 Å². The van der Waals surface area contributed by atoms with Crippen molar-refractivity contribution in [1.82, 2.24) is 25.6 Å². The molecule has 0 radical (unpaired) electrons. The summed E-state index contributed by atoms with van der Waals surface area (Å²) in [5.74, 6) is -0.886. The Bertz CT molecular complexity index is 1130. The minimum Gasteiger partial charge on any atom is -0.481 e. The van der Waals surface area contributed by atoms with E-state index in [-0.39, 0.29) is 11.5 Å². The van der Waals surface area contributed by atoms with Gasteiger partial charge in [-0.05, 0) is 30.3 Å². The summed E-state index contributed by atoms with van der Waals surface area (Å²) in [6.07, 6.45) is 4.18. The number of carboxylic acids is 1. The monoisotopic (exact) mass is 634 g/mol. The molecule has 0 bridgehead atoms. The Labute approximate surface area is 219 Å². The van der Waals surface area contributed by atoms with Gasteiger partial charge in [0.15, 0.2) is 0 Å². The first-order chi connectivity index (χ1) is 16.2.